The van der Waals surface area contributed by atoms with Crippen LogP contribution in [0.1, 0.15) is 32.1 Å². The van der Waals surface area contributed by atoms with E-state index in [1.165, 1.54) is 25.7 Å². The fraction of sp³-hybridized carbons (Fsp3) is 1.00. The van der Waals surface area contributed by atoms with Crippen LogP contribution in [0.4, 0.5) is 0 Å². The highest BCUT2D eigenvalue weighted by Crippen LogP contribution is 2.30. The predicted octanol–water partition coefficient (Wildman–Crippen LogP) is 0.899. The van der Waals surface area contributed by atoms with E-state index in [0.29, 0.717) is 12.0 Å². The zero-order valence-electron chi connectivity index (χ0n) is 6.92. The molecule has 3 atom stereocenters. The van der Waals surface area contributed by atoms with Crippen molar-refractivity contribution in [2.75, 3.05) is 6.54 Å². The molecule has 0 aromatic heterocycles. The van der Waals surface area contributed by atoms with Gasteiger partial charge in [0.2, 0.25) is 0 Å². The lowest BCUT2D eigenvalue weighted by Gasteiger charge is -2.39. The number of hydrogen-bond acceptors (Lipinski definition) is 2. The fourth-order valence-electron chi connectivity index (χ4n) is 2.52. The molecule has 1 aliphatic carbocycles. The van der Waals surface area contributed by atoms with Crippen molar-refractivity contribution in [3.8, 4) is 0 Å². The molecule has 0 aromatic carbocycles. The third kappa shape index (κ3) is 1.42. The predicted molar refractivity (Wildman–Crippen MR) is 44.4 cm³/mol. The summed E-state index contributed by atoms with van der Waals surface area (Å²) in [6.45, 7) is 1.16. The standard InChI is InChI=1S/C9H17NO/c11-9-5-1-4-8-7(9)3-2-6-10-8/h7-11H,1-6H2/t7-,8-,9-/m1/s1. The lowest BCUT2D eigenvalue weighted by molar-refractivity contribution is 0.0307. The summed E-state index contributed by atoms with van der Waals surface area (Å²) in [6.07, 6.45) is 5.98. The molecule has 0 radical (unpaired) electrons. The van der Waals surface area contributed by atoms with E-state index in [4.69, 9.17) is 0 Å². The van der Waals surface area contributed by atoms with Crippen LogP contribution in [0.2, 0.25) is 0 Å². The molecule has 0 spiro atoms. The minimum absolute atomic E-state index is 0.0125. The van der Waals surface area contributed by atoms with E-state index in [1.807, 2.05) is 0 Å². The molecule has 0 bridgehead atoms. The highest BCUT2D eigenvalue weighted by Gasteiger charge is 2.33. The molecule has 1 saturated carbocycles. The second-order valence-electron chi connectivity index (χ2n) is 3.86. The Bertz CT molecular complexity index is 136. The number of hydrogen-bond donors (Lipinski definition) is 2. The van der Waals surface area contributed by atoms with E-state index in [-0.39, 0.29) is 6.10 Å². The number of piperidine rings is 1. The van der Waals surface area contributed by atoms with Gasteiger partial charge >= 0.3 is 0 Å². The molecular formula is C9H17NO. The average molecular weight is 155 g/mol. The zero-order valence-corrected chi connectivity index (χ0v) is 6.92. The maximum atomic E-state index is 9.66. The molecule has 1 aliphatic heterocycles. The maximum Gasteiger partial charge on any atom is 0.0583 e. The quantitative estimate of drug-likeness (QED) is 0.544. The van der Waals surface area contributed by atoms with Gasteiger partial charge < -0.3 is 10.4 Å². The van der Waals surface area contributed by atoms with Gasteiger partial charge in [-0.25, -0.2) is 0 Å². The molecule has 64 valence electrons. The van der Waals surface area contributed by atoms with Crippen molar-refractivity contribution in [1.29, 1.82) is 0 Å². The lowest BCUT2D eigenvalue weighted by Crippen LogP contribution is -2.48. The molecular weight excluding hydrogens is 138 g/mol. The lowest BCUT2D eigenvalue weighted by atomic mass is 9.77. The fourth-order valence-corrected chi connectivity index (χ4v) is 2.52. The van der Waals surface area contributed by atoms with E-state index in [1.54, 1.807) is 0 Å². The van der Waals surface area contributed by atoms with Crippen LogP contribution in [0.15, 0.2) is 0 Å². The summed E-state index contributed by atoms with van der Waals surface area (Å²) in [5.41, 5.74) is 0. The topological polar surface area (TPSA) is 32.3 Å². The first-order valence-corrected chi connectivity index (χ1v) is 4.79. The van der Waals surface area contributed by atoms with E-state index < -0.39 is 0 Å². The van der Waals surface area contributed by atoms with Crippen molar-refractivity contribution in [3.63, 3.8) is 0 Å². The van der Waals surface area contributed by atoms with Crippen LogP contribution in [0.3, 0.4) is 0 Å². The molecule has 2 heteroatoms. The highest BCUT2D eigenvalue weighted by molar-refractivity contribution is 4.89. The van der Waals surface area contributed by atoms with Gasteiger partial charge in [-0.05, 0) is 38.6 Å². The average Bonchev–Trinajstić information content (AvgIpc) is 2.06. The molecule has 0 aromatic rings. The zero-order chi connectivity index (χ0) is 7.68. The van der Waals surface area contributed by atoms with Crippen molar-refractivity contribution in [2.24, 2.45) is 5.92 Å². The van der Waals surface area contributed by atoms with E-state index >= 15 is 0 Å². The number of aliphatic hydroxyl groups excluding tert-OH is 1. The number of rotatable bonds is 0. The SMILES string of the molecule is O[C@@H]1CCC[C@H]2NCCC[C@@H]12. The molecule has 2 N–H and O–H groups in total. The van der Waals surface area contributed by atoms with Gasteiger partial charge in [-0.15, -0.1) is 0 Å². The monoisotopic (exact) mass is 155 g/mol. The van der Waals surface area contributed by atoms with E-state index in [0.717, 1.165) is 13.0 Å². The maximum absolute atomic E-state index is 9.66. The van der Waals surface area contributed by atoms with Crippen LogP contribution < -0.4 is 5.32 Å². The van der Waals surface area contributed by atoms with Crippen LogP contribution in [-0.4, -0.2) is 23.8 Å². The Labute approximate surface area is 68.0 Å². The molecule has 11 heavy (non-hydrogen) atoms. The Morgan fingerprint density at radius 2 is 2.00 bits per heavy atom. The Hall–Kier alpha value is -0.0800. The van der Waals surface area contributed by atoms with Crippen LogP contribution in [-0.2, 0) is 0 Å². The molecule has 0 unspecified atom stereocenters. The van der Waals surface area contributed by atoms with Crippen LogP contribution in [0.5, 0.6) is 0 Å². The number of nitrogens with one attached hydrogen (secondary N) is 1. The van der Waals surface area contributed by atoms with Crippen LogP contribution in [0.25, 0.3) is 0 Å². The first-order chi connectivity index (χ1) is 5.38. The van der Waals surface area contributed by atoms with E-state index in [9.17, 15) is 5.11 Å². The van der Waals surface area contributed by atoms with Crippen molar-refractivity contribution in [2.45, 2.75) is 44.2 Å². The van der Waals surface area contributed by atoms with Gasteiger partial charge in [0, 0.05) is 12.0 Å². The van der Waals surface area contributed by atoms with Crippen molar-refractivity contribution in [1.82, 2.24) is 5.32 Å². The van der Waals surface area contributed by atoms with Crippen LogP contribution >= 0.6 is 0 Å². The van der Waals surface area contributed by atoms with Gasteiger partial charge in [0.05, 0.1) is 6.10 Å². The summed E-state index contributed by atoms with van der Waals surface area (Å²) < 4.78 is 0. The molecule has 2 rings (SSSR count). The summed E-state index contributed by atoms with van der Waals surface area (Å²) in [4.78, 5) is 0. The van der Waals surface area contributed by atoms with Crippen molar-refractivity contribution >= 4 is 0 Å². The molecule has 2 fully saturated rings. The summed E-state index contributed by atoms with van der Waals surface area (Å²) in [6, 6.07) is 0.632. The van der Waals surface area contributed by atoms with Gasteiger partial charge in [0.15, 0.2) is 0 Å². The molecule has 1 saturated heterocycles. The smallest absolute Gasteiger partial charge is 0.0583 e. The largest absolute Gasteiger partial charge is 0.393 e. The Kier molecular flexibility index (Phi) is 2.14. The number of aliphatic hydroxyl groups is 1. The van der Waals surface area contributed by atoms with Gasteiger partial charge in [-0.2, -0.15) is 0 Å². The van der Waals surface area contributed by atoms with Crippen LogP contribution in [0, 0.1) is 5.92 Å². The third-order valence-electron chi connectivity index (χ3n) is 3.15. The van der Waals surface area contributed by atoms with Gasteiger partial charge in [0.1, 0.15) is 0 Å². The summed E-state index contributed by atoms with van der Waals surface area (Å²) >= 11 is 0. The second-order valence-corrected chi connectivity index (χ2v) is 3.86. The first kappa shape index (κ1) is 7.56. The molecule has 2 nitrogen and oxygen atoms in total. The number of fused-ring (bicyclic) bond motifs is 1. The summed E-state index contributed by atoms with van der Waals surface area (Å²) in [5, 5.41) is 13.2. The van der Waals surface area contributed by atoms with Gasteiger partial charge in [0.25, 0.3) is 0 Å². The Morgan fingerprint density at radius 1 is 1.09 bits per heavy atom. The molecule has 0 amide bonds. The highest BCUT2D eigenvalue weighted by atomic mass is 16.3. The molecule has 2 aliphatic rings. The third-order valence-corrected chi connectivity index (χ3v) is 3.15. The Balaban J connectivity index is 1.99. The minimum atomic E-state index is -0.0125. The van der Waals surface area contributed by atoms with E-state index in [2.05, 4.69) is 5.32 Å². The molecule has 1 heterocycles. The Morgan fingerprint density at radius 3 is 2.82 bits per heavy atom. The normalized spacial score (nSPS) is 45.0. The van der Waals surface area contributed by atoms with Crippen molar-refractivity contribution < 1.29 is 5.11 Å². The van der Waals surface area contributed by atoms with Gasteiger partial charge in [-0.3, -0.25) is 0 Å². The van der Waals surface area contributed by atoms with Crippen molar-refractivity contribution in [3.05, 3.63) is 0 Å². The first-order valence-electron chi connectivity index (χ1n) is 4.79. The second kappa shape index (κ2) is 3.11. The summed E-state index contributed by atoms with van der Waals surface area (Å²) in [5.74, 6) is 0.567. The van der Waals surface area contributed by atoms with Gasteiger partial charge in [-0.1, -0.05) is 0 Å². The summed E-state index contributed by atoms with van der Waals surface area (Å²) in [7, 11) is 0. The minimum Gasteiger partial charge on any atom is -0.393 e.